The number of hydrogen-bond donors (Lipinski definition) is 3. The van der Waals surface area contributed by atoms with Crippen LogP contribution in [0, 0.1) is 5.92 Å². The second-order valence-electron chi connectivity index (χ2n) is 8.52. The molecule has 0 radical (unpaired) electrons. The number of amides is 2. The fourth-order valence-corrected chi connectivity index (χ4v) is 4.19. The molecule has 34 heavy (non-hydrogen) atoms. The Hall–Kier alpha value is -4.14. The van der Waals surface area contributed by atoms with E-state index in [1.165, 1.54) is 17.8 Å². The molecule has 2 amide bonds. The molecule has 176 valence electrons. The average Bonchev–Trinajstić information content (AvgIpc) is 3.33. The van der Waals surface area contributed by atoms with Gasteiger partial charge in [0.15, 0.2) is 5.69 Å². The molecule has 4 rings (SSSR count). The number of aryl methyl sites for hydroxylation is 1. The van der Waals surface area contributed by atoms with Crippen LogP contribution in [0.3, 0.4) is 0 Å². The van der Waals surface area contributed by atoms with E-state index >= 15 is 0 Å². The van der Waals surface area contributed by atoms with Crippen molar-refractivity contribution in [2.75, 3.05) is 11.9 Å². The standard InChI is InChI=1S/C25H26N4O5/c1-14(2)22(23(30)26-21-12-20(24(31)32)28-29(21)3)27-25(33)34-13-19-17-10-6-4-8-15(17)16-9-5-7-11-18(16)19/h4-12,14,19,22H,13H2,1-3H3,(H,26,30)(H,27,33)(H,31,32)/t22-/m1/s1. The minimum Gasteiger partial charge on any atom is -0.476 e. The first-order valence-corrected chi connectivity index (χ1v) is 11.0. The Morgan fingerprint density at radius 2 is 1.65 bits per heavy atom. The Balaban J connectivity index is 1.42. The molecular weight excluding hydrogens is 436 g/mol. The van der Waals surface area contributed by atoms with Gasteiger partial charge in [0.25, 0.3) is 0 Å². The van der Waals surface area contributed by atoms with Gasteiger partial charge in [0.1, 0.15) is 18.5 Å². The fourth-order valence-electron chi connectivity index (χ4n) is 4.19. The van der Waals surface area contributed by atoms with Gasteiger partial charge >= 0.3 is 12.1 Å². The molecule has 0 aliphatic heterocycles. The smallest absolute Gasteiger partial charge is 0.407 e. The lowest BCUT2D eigenvalue weighted by molar-refractivity contribution is -0.119. The number of anilines is 1. The third-order valence-corrected chi connectivity index (χ3v) is 5.92. The van der Waals surface area contributed by atoms with Crippen LogP contribution in [0.5, 0.6) is 0 Å². The monoisotopic (exact) mass is 462 g/mol. The number of benzene rings is 2. The van der Waals surface area contributed by atoms with Crippen molar-refractivity contribution < 1.29 is 24.2 Å². The number of nitrogens with one attached hydrogen (secondary N) is 2. The lowest BCUT2D eigenvalue weighted by Crippen LogP contribution is -2.47. The van der Waals surface area contributed by atoms with E-state index in [0.717, 1.165) is 22.3 Å². The Kier molecular flexibility index (Phi) is 6.36. The zero-order valence-electron chi connectivity index (χ0n) is 19.1. The number of aromatic nitrogens is 2. The summed E-state index contributed by atoms with van der Waals surface area (Å²) in [5.74, 6) is -1.82. The highest BCUT2D eigenvalue weighted by molar-refractivity contribution is 5.97. The average molecular weight is 463 g/mol. The fraction of sp³-hybridized carbons (Fsp3) is 0.280. The Bertz CT molecular complexity index is 1200. The molecule has 9 heteroatoms. The number of fused-ring (bicyclic) bond motifs is 3. The number of aromatic carboxylic acids is 1. The molecule has 0 unspecified atom stereocenters. The number of carboxylic acid groups (broad SMARTS) is 1. The SMILES string of the molecule is CC(C)[C@@H](NC(=O)OCC1c2ccccc2-c2ccccc21)C(=O)Nc1cc(C(=O)O)nn1C. The van der Waals surface area contributed by atoms with Gasteiger partial charge in [-0.3, -0.25) is 9.48 Å². The molecule has 0 fully saturated rings. The third-order valence-electron chi connectivity index (χ3n) is 5.92. The van der Waals surface area contributed by atoms with Crippen LogP contribution in [0.25, 0.3) is 11.1 Å². The maximum Gasteiger partial charge on any atom is 0.407 e. The maximum atomic E-state index is 12.8. The van der Waals surface area contributed by atoms with Crippen molar-refractivity contribution in [1.82, 2.24) is 15.1 Å². The zero-order valence-corrected chi connectivity index (χ0v) is 19.1. The van der Waals surface area contributed by atoms with Gasteiger partial charge in [0, 0.05) is 19.0 Å². The van der Waals surface area contributed by atoms with Crippen molar-refractivity contribution in [2.24, 2.45) is 13.0 Å². The van der Waals surface area contributed by atoms with Gasteiger partial charge in [-0.2, -0.15) is 5.10 Å². The zero-order chi connectivity index (χ0) is 24.4. The largest absolute Gasteiger partial charge is 0.476 e. The normalized spacial score (nSPS) is 13.2. The van der Waals surface area contributed by atoms with E-state index in [-0.39, 0.29) is 30.0 Å². The Morgan fingerprint density at radius 3 is 2.18 bits per heavy atom. The molecule has 3 N–H and O–H groups in total. The first kappa shape index (κ1) is 23.0. The molecule has 1 heterocycles. The molecular formula is C25H26N4O5. The Labute approximate surface area is 196 Å². The summed E-state index contributed by atoms with van der Waals surface area (Å²) in [6, 6.07) is 16.4. The van der Waals surface area contributed by atoms with Gasteiger partial charge in [-0.25, -0.2) is 9.59 Å². The number of ether oxygens (including phenoxy) is 1. The number of hydrogen-bond acceptors (Lipinski definition) is 5. The predicted molar refractivity (Wildman–Crippen MR) is 126 cm³/mol. The first-order chi connectivity index (χ1) is 16.3. The van der Waals surface area contributed by atoms with Gasteiger partial charge in [-0.05, 0) is 28.2 Å². The molecule has 0 saturated carbocycles. The topological polar surface area (TPSA) is 123 Å². The molecule has 1 aliphatic carbocycles. The van der Waals surface area contributed by atoms with Crippen molar-refractivity contribution in [3.8, 4) is 11.1 Å². The van der Waals surface area contributed by atoms with Crippen LogP contribution in [0.4, 0.5) is 10.6 Å². The summed E-state index contributed by atoms with van der Waals surface area (Å²) in [5, 5.41) is 18.2. The van der Waals surface area contributed by atoms with Crippen LogP contribution >= 0.6 is 0 Å². The molecule has 1 atom stereocenters. The number of alkyl carbamates (subject to hydrolysis) is 1. The van der Waals surface area contributed by atoms with Gasteiger partial charge in [0.2, 0.25) is 5.91 Å². The van der Waals surface area contributed by atoms with Crippen molar-refractivity contribution in [2.45, 2.75) is 25.8 Å². The van der Waals surface area contributed by atoms with Gasteiger partial charge < -0.3 is 20.5 Å². The number of nitrogens with zero attached hydrogens (tertiary/aromatic N) is 2. The van der Waals surface area contributed by atoms with E-state index < -0.39 is 24.0 Å². The quantitative estimate of drug-likeness (QED) is 0.493. The van der Waals surface area contributed by atoms with Crippen molar-refractivity contribution in [3.05, 3.63) is 71.4 Å². The summed E-state index contributed by atoms with van der Waals surface area (Å²) in [6.45, 7) is 3.72. The van der Waals surface area contributed by atoms with Crippen LogP contribution in [0.15, 0.2) is 54.6 Å². The number of carbonyl (C=O) groups is 3. The molecule has 0 spiro atoms. The van der Waals surface area contributed by atoms with E-state index in [4.69, 9.17) is 9.84 Å². The summed E-state index contributed by atoms with van der Waals surface area (Å²) in [5.41, 5.74) is 4.26. The van der Waals surface area contributed by atoms with Crippen LogP contribution in [0.1, 0.15) is 41.4 Å². The van der Waals surface area contributed by atoms with Gasteiger partial charge in [-0.15, -0.1) is 0 Å². The summed E-state index contributed by atoms with van der Waals surface area (Å²) in [7, 11) is 1.52. The minimum atomic E-state index is -1.20. The maximum absolute atomic E-state index is 12.8. The molecule has 1 aliphatic rings. The molecule has 9 nitrogen and oxygen atoms in total. The van der Waals surface area contributed by atoms with E-state index in [9.17, 15) is 14.4 Å². The van der Waals surface area contributed by atoms with Crippen LogP contribution in [-0.4, -0.2) is 45.5 Å². The molecule has 1 aromatic heterocycles. The van der Waals surface area contributed by atoms with Crippen molar-refractivity contribution in [3.63, 3.8) is 0 Å². The Morgan fingerprint density at radius 1 is 1.06 bits per heavy atom. The van der Waals surface area contributed by atoms with Crippen LogP contribution in [-0.2, 0) is 16.6 Å². The number of carboxylic acids is 1. The number of rotatable bonds is 7. The van der Waals surface area contributed by atoms with Crippen LogP contribution < -0.4 is 10.6 Å². The highest BCUT2D eigenvalue weighted by atomic mass is 16.5. The minimum absolute atomic E-state index is 0.0895. The lowest BCUT2D eigenvalue weighted by atomic mass is 9.98. The first-order valence-electron chi connectivity index (χ1n) is 11.0. The highest BCUT2D eigenvalue weighted by Crippen LogP contribution is 2.44. The highest BCUT2D eigenvalue weighted by Gasteiger charge is 2.30. The molecule has 3 aromatic rings. The van der Waals surface area contributed by atoms with E-state index in [2.05, 4.69) is 27.9 Å². The summed E-state index contributed by atoms with van der Waals surface area (Å²) in [6.07, 6.45) is -0.702. The predicted octanol–water partition coefficient (Wildman–Crippen LogP) is 3.62. The van der Waals surface area contributed by atoms with Gasteiger partial charge in [-0.1, -0.05) is 62.4 Å². The number of carbonyl (C=O) groups excluding carboxylic acids is 2. The third kappa shape index (κ3) is 4.50. The van der Waals surface area contributed by atoms with E-state index in [0.29, 0.717) is 0 Å². The molecule has 2 aromatic carbocycles. The summed E-state index contributed by atoms with van der Waals surface area (Å²) >= 11 is 0. The van der Waals surface area contributed by atoms with Crippen LogP contribution in [0.2, 0.25) is 0 Å². The molecule has 0 bridgehead atoms. The second kappa shape index (κ2) is 9.38. The molecule has 0 saturated heterocycles. The van der Waals surface area contributed by atoms with E-state index in [1.54, 1.807) is 13.8 Å². The van der Waals surface area contributed by atoms with Crippen molar-refractivity contribution >= 4 is 23.8 Å². The lowest BCUT2D eigenvalue weighted by Gasteiger charge is -2.22. The summed E-state index contributed by atoms with van der Waals surface area (Å²) < 4.78 is 6.81. The summed E-state index contributed by atoms with van der Waals surface area (Å²) in [4.78, 5) is 36.6. The second-order valence-corrected chi connectivity index (χ2v) is 8.52. The van der Waals surface area contributed by atoms with Crippen molar-refractivity contribution in [1.29, 1.82) is 0 Å². The van der Waals surface area contributed by atoms with Gasteiger partial charge in [0.05, 0.1) is 0 Å². The van der Waals surface area contributed by atoms with E-state index in [1.807, 2.05) is 36.4 Å².